The maximum atomic E-state index is 12.2. The third-order valence-electron chi connectivity index (χ3n) is 3.68. The Bertz CT molecular complexity index is 920. The van der Waals surface area contributed by atoms with E-state index in [4.69, 9.17) is 21.8 Å². The van der Waals surface area contributed by atoms with Gasteiger partial charge in [-0.3, -0.25) is 19.3 Å². The van der Waals surface area contributed by atoms with Gasteiger partial charge in [0.05, 0.1) is 13.7 Å². The van der Waals surface area contributed by atoms with Gasteiger partial charge in [0.2, 0.25) is 0 Å². The SMILES string of the molecule is COc1ccc(-c2n[nH]c(=S)n2CC(=O)NOCc2ccccc2)cc1. The monoisotopic (exact) mass is 370 g/mol. The van der Waals surface area contributed by atoms with Crippen molar-refractivity contribution in [3.8, 4) is 17.1 Å². The highest BCUT2D eigenvalue weighted by Crippen LogP contribution is 2.20. The number of nitrogens with one attached hydrogen (secondary N) is 2. The molecule has 7 nitrogen and oxygen atoms in total. The molecule has 0 saturated carbocycles. The zero-order chi connectivity index (χ0) is 18.4. The first-order valence-corrected chi connectivity index (χ1v) is 8.32. The van der Waals surface area contributed by atoms with Gasteiger partial charge in [0, 0.05) is 5.56 Å². The molecule has 134 valence electrons. The highest BCUT2D eigenvalue weighted by molar-refractivity contribution is 7.71. The Morgan fingerprint density at radius 3 is 2.62 bits per heavy atom. The number of rotatable bonds is 7. The molecule has 8 heteroatoms. The zero-order valence-electron chi connectivity index (χ0n) is 14.1. The second kappa shape index (κ2) is 8.41. The third-order valence-corrected chi connectivity index (χ3v) is 3.99. The first-order chi connectivity index (χ1) is 12.7. The minimum atomic E-state index is -0.326. The van der Waals surface area contributed by atoms with E-state index in [0.29, 0.717) is 10.6 Å². The molecule has 26 heavy (non-hydrogen) atoms. The van der Waals surface area contributed by atoms with Crippen molar-refractivity contribution in [2.24, 2.45) is 0 Å². The maximum absolute atomic E-state index is 12.2. The van der Waals surface area contributed by atoms with E-state index in [0.717, 1.165) is 16.9 Å². The fourth-order valence-corrected chi connectivity index (χ4v) is 2.57. The van der Waals surface area contributed by atoms with Crippen LogP contribution < -0.4 is 10.2 Å². The van der Waals surface area contributed by atoms with E-state index in [9.17, 15) is 4.79 Å². The van der Waals surface area contributed by atoms with E-state index in [-0.39, 0.29) is 19.1 Å². The minimum absolute atomic E-state index is 0.00845. The number of hydrogen-bond donors (Lipinski definition) is 2. The van der Waals surface area contributed by atoms with Gasteiger partial charge >= 0.3 is 0 Å². The molecule has 2 aromatic carbocycles. The van der Waals surface area contributed by atoms with Crippen molar-refractivity contribution in [1.82, 2.24) is 20.2 Å². The number of carbonyl (C=O) groups is 1. The molecule has 0 unspecified atom stereocenters. The molecule has 1 aromatic heterocycles. The Morgan fingerprint density at radius 1 is 1.19 bits per heavy atom. The summed E-state index contributed by atoms with van der Waals surface area (Å²) in [5.74, 6) is 0.977. The molecule has 1 heterocycles. The lowest BCUT2D eigenvalue weighted by Gasteiger charge is -2.09. The van der Waals surface area contributed by atoms with E-state index in [1.165, 1.54) is 0 Å². The lowest BCUT2D eigenvalue weighted by atomic mass is 10.2. The van der Waals surface area contributed by atoms with Gasteiger partial charge in [-0.2, -0.15) is 5.10 Å². The normalized spacial score (nSPS) is 10.5. The predicted octanol–water partition coefficient (Wildman–Crippen LogP) is 2.86. The molecular weight excluding hydrogens is 352 g/mol. The number of carbonyl (C=O) groups excluding carboxylic acids is 1. The molecular formula is C18H18N4O3S. The Morgan fingerprint density at radius 2 is 1.92 bits per heavy atom. The van der Waals surface area contributed by atoms with Crippen LogP contribution in [-0.2, 0) is 22.8 Å². The van der Waals surface area contributed by atoms with Gasteiger partial charge in [-0.1, -0.05) is 30.3 Å². The largest absolute Gasteiger partial charge is 0.497 e. The molecule has 0 fully saturated rings. The summed E-state index contributed by atoms with van der Waals surface area (Å²) < 4.78 is 7.11. The second-order valence-corrected chi connectivity index (χ2v) is 5.85. The van der Waals surface area contributed by atoms with Crippen molar-refractivity contribution in [3.63, 3.8) is 0 Å². The van der Waals surface area contributed by atoms with Crippen LogP contribution in [0, 0.1) is 4.77 Å². The Labute approximate surface area is 155 Å². The fraction of sp³-hybridized carbons (Fsp3) is 0.167. The molecule has 0 aliphatic heterocycles. The number of nitrogens with zero attached hydrogens (tertiary/aromatic N) is 2. The van der Waals surface area contributed by atoms with Crippen molar-refractivity contribution in [3.05, 3.63) is 64.9 Å². The fourth-order valence-electron chi connectivity index (χ4n) is 2.37. The first-order valence-electron chi connectivity index (χ1n) is 7.91. The van der Waals surface area contributed by atoms with Gasteiger partial charge in [-0.15, -0.1) is 0 Å². The molecule has 0 spiro atoms. The molecule has 0 atom stereocenters. The van der Waals surface area contributed by atoms with Crippen molar-refractivity contribution in [2.75, 3.05) is 7.11 Å². The summed E-state index contributed by atoms with van der Waals surface area (Å²) in [5, 5.41) is 6.92. The van der Waals surface area contributed by atoms with Crippen molar-refractivity contribution < 1.29 is 14.4 Å². The Balaban J connectivity index is 1.64. The number of methoxy groups -OCH3 is 1. The van der Waals surface area contributed by atoms with Crippen molar-refractivity contribution in [1.29, 1.82) is 0 Å². The number of benzene rings is 2. The van der Waals surface area contributed by atoms with E-state index in [2.05, 4.69) is 15.7 Å². The number of H-pyrrole nitrogens is 1. The van der Waals surface area contributed by atoms with E-state index < -0.39 is 0 Å². The number of aromatic nitrogens is 3. The summed E-state index contributed by atoms with van der Waals surface area (Å²) in [5.41, 5.74) is 4.21. The molecule has 3 rings (SSSR count). The smallest absolute Gasteiger partial charge is 0.263 e. The summed E-state index contributed by atoms with van der Waals surface area (Å²) >= 11 is 5.23. The lowest BCUT2D eigenvalue weighted by molar-refractivity contribution is -0.135. The highest BCUT2D eigenvalue weighted by Gasteiger charge is 2.12. The van der Waals surface area contributed by atoms with E-state index >= 15 is 0 Å². The summed E-state index contributed by atoms with van der Waals surface area (Å²) in [4.78, 5) is 17.4. The number of aromatic amines is 1. The van der Waals surface area contributed by atoms with Gasteiger partial charge in [-0.25, -0.2) is 5.48 Å². The van der Waals surface area contributed by atoms with Crippen LogP contribution in [0.3, 0.4) is 0 Å². The average molecular weight is 370 g/mol. The van der Waals surface area contributed by atoms with Gasteiger partial charge in [0.25, 0.3) is 5.91 Å². The van der Waals surface area contributed by atoms with Gasteiger partial charge in [0.1, 0.15) is 12.3 Å². The molecule has 0 saturated heterocycles. The van der Waals surface area contributed by atoms with Crippen LogP contribution in [0.5, 0.6) is 5.75 Å². The minimum Gasteiger partial charge on any atom is -0.497 e. The highest BCUT2D eigenvalue weighted by atomic mass is 32.1. The van der Waals surface area contributed by atoms with Crippen molar-refractivity contribution in [2.45, 2.75) is 13.2 Å². The summed E-state index contributed by atoms with van der Waals surface area (Å²) in [6, 6.07) is 16.9. The molecule has 3 aromatic rings. The molecule has 0 radical (unpaired) electrons. The molecule has 0 bridgehead atoms. The topological polar surface area (TPSA) is 81.2 Å². The Hall–Kier alpha value is -2.97. The van der Waals surface area contributed by atoms with Crippen LogP contribution in [-0.4, -0.2) is 27.8 Å². The summed E-state index contributed by atoms with van der Waals surface area (Å²) in [6.45, 7) is 0.278. The lowest BCUT2D eigenvalue weighted by Crippen LogP contribution is -2.28. The summed E-state index contributed by atoms with van der Waals surface area (Å²) in [6.07, 6.45) is 0. The van der Waals surface area contributed by atoms with Gasteiger partial charge in [0.15, 0.2) is 10.6 Å². The van der Waals surface area contributed by atoms with E-state index in [1.807, 2.05) is 54.6 Å². The van der Waals surface area contributed by atoms with Gasteiger partial charge in [-0.05, 0) is 42.0 Å². The molecule has 2 N–H and O–H groups in total. The second-order valence-electron chi connectivity index (χ2n) is 5.47. The van der Waals surface area contributed by atoms with Crippen LogP contribution in [0.2, 0.25) is 0 Å². The number of ether oxygens (including phenoxy) is 1. The standard InChI is InChI=1S/C18H18N4O3S/c1-24-15-9-7-14(8-10-15)17-19-20-18(26)22(17)11-16(23)21-25-12-13-5-3-2-4-6-13/h2-10H,11-12H2,1H3,(H,20,26)(H,21,23). The third kappa shape index (κ3) is 4.35. The summed E-state index contributed by atoms with van der Waals surface area (Å²) in [7, 11) is 1.60. The molecule has 0 aliphatic rings. The first kappa shape index (κ1) is 17.8. The predicted molar refractivity (Wildman–Crippen MR) is 98.8 cm³/mol. The number of hydroxylamine groups is 1. The Kier molecular flexibility index (Phi) is 5.77. The molecule has 1 amide bonds. The van der Waals surface area contributed by atoms with Crippen molar-refractivity contribution >= 4 is 18.1 Å². The average Bonchev–Trinajstić information content (AvgIpc) is 3.03. The van der Waals surface area contributed by atoms with Crippen LogP contribution in [0.25, 0.3) is 11.4 Å². The van der Waals surface area contributed by atoms with Crippen LogP contribution in [0.4, 0.5) is 0 Å². The van der Waals surface area contributed by atoms with Gasteiger partial charge < -0.3 is 4.74 Å². The number of hydrogen-bond acceptors (Lipinski definition) is 5. The zero-order valence-corrected chi connectivity index (χ0v) is 15.0. The van der Waals surface area contributed by atoms with E-state index in [1.54, 1.807) is 11.7 Å². The molecule has 0 aliphatic carbocycles. The van der Waals surface area contributed by atoms with Crippen LogP contribution >= 0.6 is 12.2 Å². The van der Waals surface area contributed by atoms with Crippen LogP contribution in [0.1, 0.15) is 5.56 Å². The number of amides is 1. The quantitative estimate of drug-likeness (QED) is 0.494. The maximum Gasteiger partial charge on any atom is 0.263 e. The van der Waals surface area contributed by atoms with Crippen LogP contribution in [0.15, 0.2) is 54.6 Å².